The van der Waals surface area contributed by atoms with Crippen LogP contribution in [-0.2, 0) is 9.53 Å². The van der Waals surface area contributed by atoms with E-state index in [1.807, 2.05) is 0 Å². The minimum atomic E-state index is -0.466. The lowest BCUT2D eigenvalue weighted by Gasteiger charge is -2.17. The SMILES string of the molecule is COC(=O)CN(C)C(=O)c1cc(Br)cc(N)c1C. The van der Waals surface area contributed by atoms with Crippen LogP contribution in [0, 0.1) is 6.92 Å². The third kappa shape index (κ3) is 3.22. The van der Waals surface area contributed by atoms with Crippen molar-refractivity contribution in [1.29, 1.82) is 0 Å². The van der Waals surface area contributed by atoms with Crippen molar-refractivity contribution in [3.63, 3.8) is 0 Å². The number of anilines is 1. The molecule has 0 atom stereocenters. The average Bonchev–Trinajstić information content (AvgIpc) is 2.32. The number of hydrogen-bond acceptors (Lipinski definition) is 4. The first-order valence-corrected chi connectivity index (χ1v) is 6.04. The van der Waals surface area contributed by atoms with Crippen LogP contribution in [-0.4, -0.2) is 37.5 Å². The van der Waals surface area contributed by atoms with Crippen LogP contribution >= 0.6 is 15.9 Å². The second-order valence-electron chi connectivity index (χ2n) is 3.90. The van der Waals surface area contributed by atoms with Crippen LogP contribution in [0.4, 0.5) is 5.69 Å². The number of ether oxygens (including phenoxy) is 1. The summed E-state index contributed by atoms with van der Waals surface area (Å²) in [6.07, 6.45) is 0. The molecule has 1 aromatic rings. The van der Waals surface area contributed by atoms with E-state index in [0.29, 0.717) is 16.8 Å². The number of halogens is 1. The maximum Gasteiger partial charge on any atom is 0.325 e. The Morgan fingerprint density at radius 3 is 2.61 bits per heavy atom. The molecule has 5 nitrogen and oxygen atoms in total. The minimum absolute atomic E-state index is 0.0960. The van der Waals surface area contributed by atoms with E-state index >= 15 is 0 Å². The number of esters is 1. The van der Waals surface area contributed by atoms with Crippen LogP contribution in [0.25, 0.3) is 0 Å². The quantitative estimate of drug-likeness (QED) is 0.679. The molecule has 0 aromatic heterocycles. The Balaban J connectivity index is 3.00. The summed E-state index contributed by atoms with van der Waals surface area (Å²) in [6, 6.07) is 3.41. The van der Waals surface area contributed by atoms with Crippen molar-refractivity contribution in [2.45, 2.75) is 6.92 Å². The highest BCUT2D eigenvalue weighted by molar-refractivity contribution is 9.10. The molecule has 0 saturated heterocycles. The number of carbonyl (C=O) groups is 2. The monoisotopic (exact) mass is 314 g/mol. The summed E-state index contributed by atoms with van der Waals surface area (Å²) >= 11 is 3.29. The number of likely N-dealkylation sites (N-methyl/N-ethyl adjacent to an activating group) is 1. The third-order valence-corrected chi connectivity index (χ3v) is 3.04. The number of rotatable bonds is 3. The van der Waals surface area contributed by atoms with Crippen LogP contribution in [0.3, 0.4) is 0 Å². The van der Waals surface area contributed by atoms with Crippen LogP contribution in [0.2, 0.25) is 0 Å². The van der Waals surface area contributed by atoms with E-state index in [4.69, 9.17) is 5.73 Å². The van der Waals surface area contributed by atoms with Gasteiger partial charge < -0.3 is 15.4 Å². The van der Waals surface area contributed by atoms with E-state index in [2.05, 4.69) is 20.7 Å². The fourth-order valence-electron chi connectivity index (χ4n) is 1.46. The van der Waals surface area contributed by atoms with Gasteiger partial charge in [0, 0.05) is 22.8 Å². The van der Waals surface area contributed by atoms with Gasteiger partial charge in [-0.05, 0) is 24.6 Å². The van der Waals surface area contributed by atoms with E-state index in [0.717, 1.165) is 4.47 Å². The molecule has 0 spiro atoms. The molecule has 98 valence electrons. The molecule has 18 heavy (non-hydrogen) atoms. The zero-order chi connectivity index (χ0) is 13.9. The van der Waals surface area contributed by atoms with E-state index in [9.17, 15) is 9.59 Å². The Morgan fingerprint density at radius 2 is 2.06 bits per heavy atom. The number of hydrogen-bond donors (Lipinski definition) is 1. The van der Waals surface area contributed by atoms with Gasteiger partial charge in [-0.3, -0.25) is 9.59 Å². The second-order valence-corrected chi connectivity index (χ2v) is 4.82. The zero-order valence-corrected chi connectivity index (χ0v) is 12.1. The molecule has 2 N–H and O–H groups in total. The van der Waals surface area contributed by atoms with Gasteiger partial charge in [0.1, 0.15) is 6.54 Å². The first-order chi connectivity index (χ1) is 8.36. The molecule has 0 saturated carbocycles. The smallest absolute Gasteiger partial charge is 0.325 e. The number of amides is 1. The van der Waals surface area contributed by atoms with E-state index in [1.54, 1.807) is 19.1 Å². The lowest BCUT2D eigenvalue weighted by Crippen LogP contribution is -2.33. The highest BCUT2D eigenvalue weighted by Gasteiger charge is 2.18. The van der Waals surface area contributed by atoms with Gasteiger partial charge in [0.15, 0.2) is 0 Å². The van der Waals surface area contributed by atoms with Gasteiger partial charge in [0.2, 0.25) is 0 Å². The van der Waals surface area contributed by atoms with Gasteiger partial charge >= 0.3 is 5.97 Å². The summed E-state index contributed by atoms with van der Waals surface area (Å²) in [5.74, 6) is -0.739. The molecule has 0 heterocycles. The highest BCUT2D eigenvalue weighted by Crippen LogP contribution is 2.23. The predicted molar refractivity (Wildman–Crippen MR) is 72.3 cm³/mol. The number of carbonyl (C=O) groups excluding carboxylic acids is 2. The number of benzene rings is 1. The summed E-state index contributed by atoms with van der Waals surface area (Å²) in [5, 5.41) is 0. The van der Waals surface area contributed by atoms with Gasteiger partial charge in [0.05, 0.1) is 7.11 Å². The topological polar surface area (TPSA) is 72.6 Å². The number of methoxy groups -OCH3 is 1. The second kappa shape index (κ2) is 5.86. The lowest BCUT2D eigenvalue weighted by atomic mass is 10.1. The molecule has 1 amide bonds. The van der Waals surface area contributed by atoms with E-state index in [1.165, 1.54) is 19.1 Å². The van der Waals surface area contributed by atoms with Gasteiger partial charge in [-0.15, -0.1) is 0 Å². The van der Waals surface area contributed by atoms with Crippen molar-refractivity contribution < 1.29 is 14.3 Å². The molecule has 0 aliphatic heterocycles. The molecule has 1 rings (SSSR count). The standard InChI is InChI=1S/C12H15BrN2O3/c1-7-9(4-8(13)5-10(7)14)12(17)15(2)6-11(16)18-3/h4-5H,6,14H2,1-3H3. The molecule has 1 aromatic carbocycles. The maximum atomic E-state index is 12.2. The first-order valence-electron chi connectivity index (χ1n) is 5.24. The Labute approximate surface area is 114 Å². The molecule has 0 unspecified atom stereocenters. The molecular formula is C12H15BrN2O3. The van der Waals surface area contributed by atoms with E-state index < -0.39 is 5.97 Å². The summed E-state index contributed by atoms with van der Waals surface area (Å²) in [5.41, 5.74) is 7.48. The lowest BCUT2D eigenvalue weighted by molar-refractivity contribution is -0.141. The fourth-order valence-corrected chi connectivity index (χ4v) is 1.93. The summed E-state index contributed by atoms with van der Waals surface area (Å²) in [7, 11) is 2.82. The first kappa shape index (κ1) is 14.5. The Hall–Kier alpha value is -1.56. The Morgan fingerprint density at radius 1 is 1.44 bits per heavy atom. The highest BCUT2D eigenvalue weighted by atomic mass is 79.9. The average molecular weight is 315 g/mol. The van der Waals surface area contributed by atoms with Crippen molar-refractivity contribution in [3.05, 3.63) is 27.7 Å². The summed E-state index contributed by atoms with van der Waals surface area (Å²) in [4.78, 5) is 24.6. The van der Waals surface area contributed by atoms with Crippen molar-refractivity contribution >= 4 is 33.5 Å². The molecule has 0 aliphatic carbocycles. The van der Waals surface area contributed by atoms with Crippen LogP contribution in [0.15, 0.2) is 16.6 Å². The summed E-state index contributed by atoms with van der Waals surface area (Å²) in [6.45, 7) is 1.67. The Bertz CT molecular complexity index is 488. The van der Waals surface area contributed by atoms with Gasteiger partial charge in [0.25, 0.3) is 5.91 Å². The zero-order valence-electron chi connectivity index (χ0n) is 10.5. The molecule has 6 heteroatoms. The number of nitrogens with zero attached hydrogens (tertiary/aromatic N) is 1. The van der Waals surface area contributed by atoms with Crippen molar-refractivity contribution in [2.75, 3.05) is 26.4 Å². The molecule has 0 bridgehead atoms. The number of nitrogen functional groups attached to an aromatic ring is 1. The third-order valence-electron chi connectivity index (χ3n) is 2.58. The molecule has 0 aliphatic rings. The fraction of sp³-hybridized carbons (Fsp3) is 0.333. The number of nitrogens with two attached hydrogens (primary N) is 1. The maximum absolute atomic E-state index is 12.2. The largest absolute Gasteiger partial charge is 0.468 e. The van der Waals surface area contributed by atoms with Crippen molar-refractivity contribution in [3.8, 4) is 0 Å². The Kier molecular flexibility index (Phi) is 4.72. The normalized spacial score (nSPS) is 10.0. The van der Waals surface area contributed by atoms with Crippen LogP contribution in [0.1, 0.15) is 15.9 Å². The van der Waals surface area contributed by atoms with Crippen LogP contribution in [0.5, 0.6) is 0 Å². The molecule has 0 fully saturated rings. The van der Waals surface area contributed by atoms with Crippen molar-refractivity contribution in [2.24, 2.45) is 0 Å². The minimum Gasteiger partial charge on any atom is -0.468 e. The van der Waals surface area contributed by atoms with Gasteiger partial charge in [-0.1, -0.05) is 15.9 Å². The van der Waals surface area contributed by atoms with Gasteiger partial charge in [-0.25, -0.2) is 0 Å². The van der Waals surface area contributed by atoms with E-state index in [-0.39, 0.29) is 12.5 Å². The predicted octanol–water partition coefficient (Wildman–Crippen LogP) is 1.58. The van der Waals surface area contributed by atoms with Gasteiger partial charge in [-0.2, -0.15) is 0 Å². The molecule has 0 radical (unpaired) electrons. The molecular weight excluding hydrogens is 300 g/mol. The van der Waals surface area contributed by atoms with Crippen molar-refractivity contribution in [1.82, 2.24) is 4.90 Å². The summed E-state index contributed by atoms with van der Waals surface area (Å²) < 4.78 is 5.24. The van der Waals surface area contributed by atoms with Crippen LogP contribution < -0.4 is 5.73 Å².